The van der Waals surface area contributed by atoms with Crippen molar-refractivity contribution in [3.8, 4) is 6.07 Å². The third-order valence-electron chi connectivity index (χ3n) is 3.01. The number of nitrogens with one attached hydrogen (secondary N) is 1. The number of rotatable bonds is 3. The molecule has 1 aromatic carbocycles. The first kappa shape index (κ1) is 15.6. The van der Waals surface area contributed by atoms with Crippen LogP contribution in [-0.4, -0.2) is 29.8 Å². The summed E-state index contributed by atoms with van der Waals surface area (Å²) in [6.45, 7) is 3.36. The number of likely N-dealkylation sites (N-methyl/N-ethyl adjacent to an activating group) is 1. The number of anilines is 1. The van der Waals surface area contributed by atoms with Gasteiger partial charge in [0, 0.05) is 18.8 Å². The average molecular weight is 277 g/mol. The van der Waals surface area contributed by atoms with Gasteiger partial charge < -0.3 is 10.2 Å². The van der Waals surface area contributed by atoms with Gasteiger partial charge in [0.05, 0.1) is 12.5 Å². The molecule has 0 unspecified atom stereocenters. The summed E-state index contributed by atoms with van der Waals surface area (Å²) in [5, 5.41) is 11.0. The van der Waals surface area contributed by atoms with Crippen LogP contribution in [0.25, 0.3) is 0 Å². The van der Waals surface area contributed by atoms with Gasteiger partial charge in [-0.3, -0.25) is 9.59 Å². The summed E-state index contributed by atoms with van der Waals surface area (Å²) in [5.74, 6) is -2.12. The number of carbonyl (C=O) groups excluding carboxylic acids is 2. The van der Waals surface area contributed by atoms with E-state index in [1.54, 1.807) is 13.8 Å². The fraction of sp³-hybridized carbons (Fsp3) is 0.357. The lowest BCUT2D eigenvalue weighted by atomic mass is 10.2. The van der Waals surface area contributed by atoms with Crippen molar-refractivity contribution in [3.63, 3.8) is 0 Å². The SMILES string of the molecule is Cc1ccc(F)cc1NC(=O)C(=O)N(C)[C@@H](C)CC#N. The predicted octanol–water partition coefficient (Wildman–Crippen LogP) is 1.83. The van der Waals surface area contributed by atoms with Crippen LogP contribution in [0.2, 0.25) is 0 Å². The second kappa shape index (κ2) is 6.66. The van der Waals surface area contributed by atoms with Crippen LogP contribution >= 0.6 is 0 Å². The van der Waals surface area contributed by atoms with Gasteiger partial charge in [-0.1, -0.05) is 6.07 Å². The molecule has 0 aliphatic carbocycles. The lowest BCUT2D eigenvalue weighted by Gasteiger charge is -2.22. The molecule has 2 amide bonds. The van der Waals surface area contributed by atoms with Crippen LogP contribution in [0.4, 0.5) is 10.1 Å². The third kappa shape index (κ3) is 3.79. The molecule has 0 bridgehead atoms. The van der Waals surface area contributed by atoms with Crippen LogP contribution in [-0.2, 0) is 9.59 Å². The Morgan fingerprint density at radius 1 is 1.50 bits per heavy atom. The molecule has 0 heterocycles. The second-order valence-electron chi connectivity index (χ2n) is 4.54. The Kier molecular flexibility index (Phi) is 5.21. The molecule has 5 nitrogen and oxygen atoms in total. The van der Waals surface area contributed by atoms with E-state index in [1.165, 1.54) is 24.1 Å². The number of hydrogen-bond donors (Lipinski definition) is 1. The van der Waals surface area contributed by atoms with Crippen molar-refractivity contribution < 1.29 is 14.0 Å². The zero-order valence-corrected chi connectivity index (χ0v) is 11.6. The number of hydrogen-bond acceptors (Lipinski definition) is 3. The van der Waals surface area contributed by atoms with Crippen LogP contribution in [0.5, 0.6) is 0 Å². The lowest BCUT2D eigenvalue weighted by Crippen LogP contribution is -2.42. The summed E-state index contributed by atoms with van der Waals surface area (Å²) in [6, 6.07) is 5.50. The van der Waals surface area contributed by atoms with E-state index in [2.05, 4.69) is 5.32 Å². The Bertz CT molecular complexity index is 566. The van der Waals surface area contributed by atoms with Crippen molar-refractivity contribution in [2.24, 2.45) is 0 Å². The fourth-order valence-electron chi connectivity index (χ4n) is 1.53. The Morgan fingerprint density at radius 3 is 2.75 bits per heavy atom. The third-order valence-corrected chi connectivity index (χ3v) is 3.01. The van der Waals surface area contributed by atoms with Crippen LogP contribution in [0.1, 0.15) is 18.9 Å². The molecule has 0 aliphatic rings. The number of halogens is 1. The van der Waals surface area contributed by atoms with Gasteiger partial charge in [-0.15, -0.1) is 0 Å². The highest BCUT2D eigenvalue weighted by atomic mass is 19.1. The molecule has 1 atom stereocenters. The molecule has 20 heavy (non-hydrogen) atoms. The minimum atomic E-state index is -0.856. The highest BCUT2D eigenvalue weighted by Gasteiger charge is 2.23. The zero-order chi connectivity index (χ0) is 15.3. The van der Waals surface area contributed by atoms with E-state index in [-0.39, 0.29) is 18.2 Å². The maximum absolute atomic E-state index is 13.1. The normalized spacial score (nSPS) is 11.3. The van der Waals surface area contributed by atoms with Crippen LogP contribution in [0, 0.1) is 24.1 Å². The first-order valence-electron chi connectivity index (χ1n) is 6.08. The van der Waals surface area contributed by atoms with Crippen LogP contribution in [0.15, 0.2) is 18.2 Å². The van der Waals surface area contributed by atoms with Gasteiger partial charge in [0.1, 0.15) is 5.82 Å². The van der Waals surface area contributed by atoms with E-state index in [0.29, 0.717) is 5.56 Å². The number of nitriles is 1. The fourth-order valence-corrected chi connectivity index (χ4v) is 1.53. The van der Waals surface area contributed by atoms with E-state index >= 15 is 0 Å². The van der Waals surface area contributed by atoms with Crippen LogP contribution < -0.4 is 5.32 Å². The molecule has 0 saturated carbocycles. The van der Waals surface area contributed by atoms with Crippen molar-refractivity contribution in [1.29, 1.82) is 5.26 Å². The number of carbonyl (C=O) groups is 2. The Hall–Kier alpha value is -2.42. The maximum Gasteiger partial charge on any atom is 0.313 e. The largest absolute Gasteiger partial charge is 0.334 e. The number of nitrogens with zero attached hydrogens (tertiary/aromatic N) is 2. The molecular weight excluding hydrogens is 261 g/mol. The van der Waals surface area contributed by atoms with Crippen molar-refractivity contribution in [2.75, 3.05) is 12.4 Å². The first-order chi connectivity index (χ1) is 9.36. The van der Waals surface area contributed by atoms with Crippen LogP contribution in [0.3, 0.4) is 0 Å². The van der Waals surface area contributed by atoms with E-state index < -0.39 is 17.6 Å². The summed E-state index contributed by atoms with van der Waals surface area (Å²) < 4.78 is 13.1. The minimum absolute atomic E-state index is 0.133. The van der Waals surface area contributed by atoms with Gasteiger partial charge in [-0.25, -0.2) is 4.39 Å². The molecule has 0 spiro atoms. The highest BCUT2D eigenvalue weighted by Crippen LogP contribution is 2.16. The van der Waals surface area contributed by atoms with E-state index in [4.69, 9.17) is 5.26 Å². The lowest BCUT2D eigenvalue weighted by molar-refractivity contribution is -0.143. The molecule has 1 N–H and O–H groups in total. The minimum Gasteiger partial charge on any atom is -0.334 e. The average Bonchev–Trinajstić information content (AvgIpc) is 2.41. The second-order valence-corrected chi connectivity index (χ2v) is 4.54. The van der Waals surface area contributed by atoms with Crippen molar-refractivity contribution >= 4 is 17.5 Å². The molecule has 0 aromatic heterocycles. The van der Waals surface area contributed by atoms with Gasteiger partial charge in [-0.05, 0) is 31.5 Å². The summed E-state index contributed by atoms with van der Waals surface area (Å²) in [6.07, 6.45) is 0.133. The predicted molar refractivity (Wildman–Crippen MR) is 72.2 cm³/mol. The maximum atomic E-state index is 13.1. The first-order valence-corrected chi connectivity index (χ1v) is 6.08. The monoisotopic (exact) mass is 277 g/mol. The standard InChI is InChI=1S/C14H16FN3O2/c1-9-4-5-11(15)8-12(9)17-13(19)14(20)18(3)10(2)6-7-16/h4-5,8,10H,6H2,1-3H3,(H,17,19)/t10-/m0/s1. The summed E-state index contributed by atoms with van der Waals surface area (Å²) in [4.78, 5) is 24.9. The molecule has 6 heteroatoms. The summed E-state index contributed by atoms with van der Waals surface area (Å²) in [7, 11) is 1.45. The number of aryl methyl sites for hydroxylation is 1. The van der Waals surface area contributed by atoms with Gasteiger partial charge in [0.15, 0.2) is 0 Å². The Balaban J connectivity index is 2.78. The molecule has 0 aliphatic heterocycles. The highest BCUT2D eigenvalue weighted by molar-refractivity contribution is 6.39. The Labute approximate surface area is 117 Å². The van der Waals surface area contributed by atoms with Crippen molar-refractivity contribution in [3.05, 3.63) is 29.6 Å². The molecule has 106 valence electrons. The molecular formula is C14H16FN3O2. The topological polar surface area (TPSA) is 73.2 Å². The molecule has 0 fully saturated rings. The number of benzene rings is 1. The van der Waals surface area contributed by atoms with E-state index in [0.717, 1.165) is 6.07 Å². The molecule has 1 aromatic rings. The van der Waals surface area contributed by atoms with Gasteiger partial charge >= 0.3 is 11.8 Å². The zero-order valence-electron chi connectivity index (χ0n) is 11.6. The van der Waals surface area contributed by atoms with Crippen molar-refractivity contribution in [1.82, 2.24) is 4.90 Å². The van der Waals surface area contributed by atoms with Gasteiger partial charge in [0.25, 0.3) is 0 Å². The van der Waals surface area contributed by atoms with E-state index in [9.17, 15) is 14.0 Å². The quantitative estimate of drug-likeness (QED) is 0.857. The smallest absolute Gasteiger partial charge is 0.313 e. The van der Waals surface area contributed by atoms with Gasteiger partial charge in [-0.2, -0.15) is 5.26 Å². The van der Waals surface area contributed by atoms with E-state index in [1.807, 2.05) is 6.07 Å². The molecule has 0 saturated heterocycles. The Morgan fingerprint density at radius 2 is 2.15 bits per heavy atom. The summed E-state index contributed by atoms with van der Waals surface area (Å²) in [5.41, 5.74) is 0.907. The summed E-state index contributed by atoms with van der Waals surface area (Å²) >= 11 is 0. The van der Waals surface area contributed by atoms with Crippen molar-refractivity contribution in [2.45, 2.75) is 26.3 Å². The van der Waals surface area contributed by atoms with Gasteiger partial charge in [0.2, 0.25) is 0 Å². The number of amides is 2. The molecule has 1 rings (SSSR count). The molecule has 0 radical (unpaired) electrons.